The van der Waals surface area contributed by atoms with E-state index in [4.69, 9.17) is 0 Å². The van der Waals surface area contributed by atoms with Crippen LogP contribution in [0.3, 0.4) is 0 Å². The second-order valence-electron chi connectivity index (χ2n) is 5.11. The minimum Gasteiger partial charge on any atom is -0.393 e. The van der Waals surface area contributed by atoms with Crippen molar-refractivity contribution in [3.05, 3.63) is 0 Å². The monoisotopic (exact) mass is 188 g/mol. The van der Waals surface area contributed by atoms with Crippen molar-refractivity contribution in [3.8, 4) is 0 Å². The molecule has 0 aliphatic heterocycles. The molecule has 1 aliphatic carbocycles. The van der Waals surface area contributed by atoms with Gasteiger partial charge in [0.2, 0.25) is 0 Å². The molecule has 0 aromatic rings. The summed E-state index contributed by atoms with van der Waals surface area (Å²) in [6.45, 7) is 5.90. The van der Waals surface area contributed by atoms with E-state index < -0.39 is 5.67 Å². The summed E-state index contributed by atoms with van der Waals surface area (Å²) in [7, 11) is 0. The number of alkyl halides is 1. The van der Waals surface area contributed by atoms with Crippen LogP contribution >= 0.6 is 0 Å². The van der Waals surface area contributed by atoms with Crippen molar-refractivity contribution >= 4 is 0 Å². The van der Waals surface area contributed by atoms with Gasteiger partial charge < -0.3 is 5.11 Å². The Morgan fingerprint density at radius 2 is 2.15 bits per heavy atom. The number of halogens is 1. The lowest BCUT2D eigenvalue weighted by atomic mass is 9.75. The van der Waals surface area contributed by atoms with Gasteiger partial charge in [0.1, 0.15) is 5.67 Å². The van der Waals surface area contributed by atoms with Gasteiger partial charge in [0.15, 0.2) is 0 Å². The van der Waals surface area contributed by atoms with Crippen LogP contribution in [-0.4, -0.2) is 16.9 Å². The van der Waals surface area contributed by atoms with Gasteiger partial charge in [0.25, 0.3) is 0 Å². The lowest BCUT2D eigenvalue weighted by Gasteiger charge is -2.36. The maximum Gasteiger partial charge on any atom is 0.108 e. The molecule has 1 fully saturated rings. The van der Waals surface area contributed by atoms with Gasteiger partial charge in [-0.1, -0.05) is 13.8 Å². The quantitative estimate of drug-likeness (QED) is 0.706. The maximum atomic E-state index is 13.6. The van der Waals surface area contributed by atoms with Crippen LogP contribution in [0.1, 0.15) is 46.5 Å². The number of rotatable bonds is 2. The van der Waals surface area contributed by atoms with E-state index in [0.29, 0.717) is 25.2 Å². The third-order valence-electron chi connectivity index (χ3n) is 2.97. The first kappa shape index (κ1) is 11.0. The molecule has 3 atom stereocenters. The number of hydrogen-bond acceptors (Lipinski definition) is 1. The van der Waals surface area contributed by atoms with Crippen molar-refractivity contribution < 1.29 is 9.50 Å². The van der Waals surface area contributed by atoms with Crippen LogP contribution in [-0.2, 0) is 0 Å². The summed E-state index contributed by atoms with van der Waals surface area (Å²) in [6.07, 6.45) is 2.35. The number of aliphatic hydroxyl groups excluding tert-OH is 1. The average Bonchev–Trinajstić information content (AvgIpc) is 1.95. The van der Waals surface area contributed by atoms with Crippen molar-refractivity contribution in [2.75, 3.05) is 0 Å². The predicted molar refractivity (Wildman–Crippen MR) is 52.3 cm³/mol. The highest BCUT2D eigenvalue weighted by atomic mass is 19.1. The predicted octanol–water partition coefficient (Wildman–Crippen LogP) is 2.92. The lowest BCUT2D eigenvalue weighted by molar-refractivity contribution is -0.0113. The first-order valence-electron chi connectivity index (χ1n) is 5.28. The molecule has 0 heterocycles. The van der Waals surface area contributed by atoms with Crippen molar-refractivity contribution in [2.45, 2.75) is 58.2 Å². The fourth-order valence-electron chi connectivity index (χ4n) is 2.32. The second-order valence-corrected chi connectivity index (χ2v) is 5.11. The van der Waals surface area contributed by atoms with Crippen LogP contribution in [0.15, 0.2) is 0 Å². The van der Waals surface area contributed by atoms with Gasteiger partial charge in [-0.2, -0.15) is 0 Å². The van der Waals surface area contributed by atoms with Gasteiger partial charge in [-0.25, -0.2) is 4.39 Å². The molecule has 13 heavy (non-hydrogen) atoms. The zero-order valence-electron chi connectivity index (χ0n) is 8.89. The maximum absolute atomic E-state index is 13.6. The summed E-state index contributed by atoms with van der Waals surface area (Å²) in [6, 6.07) is 0. The highest BCUT2D eigenvalue weighted by Gasteiger charge is 2.36. The van der Waals surface area contributed by atoms with Crippen LogP contribution in [0.4, 0.5) is 4.39 Å². The molecular weight excluding hydrogens is 167 g/mol. The Morgan fingerprint density at radius 3 is 2.69 bits per heavy atom. The van der Waals surface area contributed by atoms with E-state index in [1.165, 1.54) is 0 Å². The molecule has 78 valence electrons. The fourth-order valence-corrected chi connectivity index (χ4v) is 2.32. The summed E-state index contributed by atoms with van der Waals surface area (Å²) in [4.78, 5) is 0. The average molecular weight is 188 g/mol. The first-order valence-corrected chi connectivity index (χ1v) is 5.28. The SMILES string of the molecule is CC(C)C[C@H]1CC(C)(F)CC[C@H]1O. The molecule has 0 bridgehead atoms. The molecular formula is C11H21FO. The highest BCUT2D eigenvalue weighted by Crippen LogP contribution is 2.38. The van der Waals surface area contributed by atoms with E-state index in [0.717, 1.165) is 6.42 Å². The standard InChI is InChI=1S/C11H21FO/c1-8(2)6-9-7-11(3,12)5-4-10(9)13/h8-10,13H,4-7H2,1-3H3/t9-,10+,11?/m0/s1. The molecule has 0 aromatic heterocycles. The van der Waals surface area contributed by atoms with E-state index in [-0.39, 0.29) is 12.0 Å². The minimum atomic E-state index is -1.04. The van der Waals surface area contributed by atoms with E-state index in [1.807, 2.05) is 0 Å². The molecule has 0 radical (unpaired) electrons. The van der Waals surface area contributed by atoms with Gasteiger partial charge in [-0.3, -0.25) is 0 Å². The molecule has 1 unspecified atom stereocenters. The molecule has 0 spiro atoms. The summed E-state index contributed by atoms with van der Waals surface area (Å²) >= 11 is 0. The first-order chi connectivity index (χ1) is 5.91. The molecule has 1 N–H and O–H groups in total. The van der Waals surface area contributed by atoms with E-state index in [9.17, 15) is 9.50 Å². The lowest BCUT2D eigenvalue weighted by Crippen LogP contribution is -2.37. The van der Waals surface area contributed by atoms with Crippen LogP contribution in [0.5, 0.6) is 0 Å². The molecule has 1 rings (SSSR count). The van der Waals surface area contributed by atoms with Crippen molar-refractivity contribution in [1.82, 2.24) is 0 Å². The summed E-state index contributed by atoms with van der Waals surface area (Å²) < 4.78 is 13.6. The van der Waals surface area contributed by atoms with Gasteiger partial charge >= 0.3 is 0 Å². The van der Waals surface area contributed by atoms with Gasteiger partial charge in [0, 0.05) is 0 Å². The molecule has 0 amide bonds. The Kier molecular flexibility index (Phi) is 3.33. The van der Waals surface area contributed by atoms with Crippen molar-refractivity contribution in [1.29, 1.82) is 0 Å². The van der Waals surface area contributed by atoms with Crippen LogP contribution in [0.2, 0.25) is 0 Å². The van der Waals surface area contributed by atoms with E-state index in [2.05, 4.69) is 13.8 Å². The Hall–Kier alpha value is -0.110. The van der Waals surface area contributed by atoms with Crippen molar-refractivity contribution in [3.63, 3.8) is 0 Å². The highest BCUT2D eigenvalue weighted by molar-refractivity contribution is 4.87. The summed E-state index contributed by atoms with van der Waals surface area (Å²) in [5, 5.41) is 9.68. The number of hydrogen-bond donors (Lipinski definition) is 1. The van der Waals surface area contributed by atoms with Gasteiger partial charge in [-0.15, -0.1) is 0 Å². The largest absolute Gasteiger partial charge is 0.393 e. The summed E-state index contributed by atoms with van der Waals surface area (Å²) in [5.74, 6) is 0.720. The molecule has 1 saturated carbocycles. The molecule has 0 aromatic carbocycles. The van der Waals surface area contributed by atoms with Gasteiger partial charge in [-0.05, 0) is 44.4 Å². The van der Waals surface area contributed by atoms with E-state index >= 15 is 0 Å². The van der Waals surface area contributed by atoms with Crippen molar-refractivity contribution in [2.24, 2.45) is 11.8 Å². The van der Waals surface area contributed by atoms with Crippen LogP contribution < -0.4 is 0 Å². The third-order valence-corrected chi connectivity index (χ3v) is 2.97. The smallest absolute Gasteiger partial charge is 0.108 e. The van der Waals surface area contributed by atoms with Crippen LogP contribution in [0.25, 0.3) is 0 Å². The third kappa shape index (κ3) is 3.26. The van der Waals surface area contributed by atoms with E-state index in [1.54, 1.807) is 6.92 Å². The van der Waals surface area contributed by atoms with Crippen LogP contribution in [0, 0.1) is 11.8 Å². The Labute approximate surface area is 80.3 Å². The summed E-state index contributed by atoms with van der Waals surface area (Å²) in [5.41, 5.74) is -1.04. The molecule has 1 nitrogen and oxygen atoms in total. The van der Waals surface area contributed by atoms with Gasteiger partial charge in [0.05, 0.1) is 6.10 Å². The normalized spacial score (nSPS) is 41.1. The zero-order chi connectivity index (χ0) is 10.1. The molecule has 1 aliphatic rings. The zero-order valence-corrected chi connectivity index (χ0v) is 8.89. The second kappa shape index (κ2) is 3.95. The fraction of sp³-hybridized carbons (Fsp3) is 1.00. The molecule has 0 saturated heterocycles. The molecule has 2 heteroatoms. The number of aliphatic hydroxyl groups is 1. The topological polar surface area (TPSA) is 20.2 Å². The Morgan fingerprint density at radius 1 is 1.54 bits per heavy atom. The minimum absolute atomic E-state index is 0.170. The Bertz CT molecular complexity index is 165. The Balaban J connectivity index is 2.50.